The van der Waals surface area contributed by atoms with Gasteiger partial charge in [0.15, 0.2) is 0 Å². The van der Waals surface area contributed by atoms with Crippen molar-refractivity contribution in [1.29, 1.82) is 0 Å². The van der Waals surface area contributed by atoms with Crippen LogP contribution in [-0.4, -0.2) is 23.3 Å². The predicted molar refractivity (Wildman–Crippen MR) is 81.2 cm³/mol. The predicted octanol–water partition coefficient (Wildman–Crippen LogP) is 2.70. The van der Waals surface area contributed by atoms with Crippen LogP contribution in [0.25, 0.3) is 10.2 Å². The van der Waals surface area contributed by atoms with Gasteiger partial charge in [-0.1, -0.05) is 0 Å². The number of nitrogens with two attached hydrogens (primary N) is 2. The average Bonchev–Trinajstić information content (AvgIpc) is 2.81. The van der Waals surface area contributed by atoms with Gasteiger partial charge in [0.25, 0.3) is 0 Å². The summed E-state index contributed by atoms with van der Waals surface area (Å²) in [6.45, 7) is 2.74. The fourth-order valence-corrected chi connectivity index (χ4v) is 3.75. The lowest BCUT2D eigenvalue weighted by molar-refractivity contribution is 0.498. The fraction of sp³-hybridized carbons (Fsp3) is 0.462. The highest BCUT2D eigenvalue weighted by molar-refractivity contribution is 7.99. The van der Waals surface area contributed by atoms with Gasteiger partial charge in [-0.05, 0) is 44.0 Å². The van der Waals surface area contributed by atoms with Gasteiger partial charge in [-0.25, -0.2) is 4.98 Å². The molecule has 5 heteroatoms. The molecule has 0 fully saturated rings. The van der Waals surface area contributed by atoms with E-state index in [0.29, 0.717) is 12.5 Å². The highest BCUT2D eigenvalue weighted by atomic mass is 32.2. The lowest BCUT2D eigenvalue weighted by Crippen LogP contribution is -2.26. The van der Waals surface area contributed by atoms with Crippen molar-refractivity contribution in [1.82, 2.24) is 4.98 Å². The maximum atomic E-state index is 5.83. The number of benzene rings is 1. The Kier molecular flexibility index (Phi) is 5.00. The molecule has 98 valence electrons. The number of hydrogen-bond acceptors (Lipinski definition) is 5. The van der Waals surface area contributed by atoms with Gasteiger partial charge in [0.2, 0.25) is 0 Å². The van der Waals surface area contributed by atoms with E-state index >= 15 is 0 Å². The summed E-state index contributed by atoms with van der Waals surface area (Å²) >= 11 is 3.54. The minimum absolute atomic E-state index is 0.225. The van der Waals surface area contributed by atoms with Crippen LogP contribution in [0.4, 0.5) is 0 Å². The van der Waals surface area contributed by atoms with E-state index in [1.54, 1.807) is 11.3 Å². The zero-order chi connectivity index (χ0) is 13.0. The first kappa shape index (κ1) is 13.8. The van der Waals surface area contributed by atoms with Gasteiger partial charge in [-0.15, -0.1) is 23.1 Å². The van der Waals surface area contributed by atoms with Crippen LogP contribution in [0.5, 0.6) is 0 Å². The summed E-state index contributed by atoms with van der Waals surface area (Å²) in [5, 5.41) is 0. The molecule has 18 heavy (non-hydrogen) atoms. The van der Waals surface area contributed by atoms with Crippen LogP contribution in [0.3, 0.4) is 0 Å². The highest BCUT2D eigenvalue weighted by Crippen LogP contribution is 2.27. The van der Waals surface area contributed by atoms with Gasteiger partial charge in [-0.2, -0.15) is 0 Å². The molecular formula is C13H19N3S2. The molecule has 0 aliphatic rings. The zero-order valence-corrected chi connectivity index (χ0v) is 12.1. The third kappa shape index (κ3) is 3.68. The van der Waals surface area contributed by atoms with Crippen molar-refractivity contribution < 1.29 is 0 Å². The normalized spacial score (nSPS) is 14.8. The molecule has 2 atom stereocenters. The summed E-state index contributed by atoms with van der Waals surface area (Å²) in [5.74, 6) is 1.52. The summed E-state index contributed by atoms with van der Waals surface area (Å²) in [6, 6.07) is 6.64. The van der Waals surface area contributed by atoms with Crippen LogP contribution in [0, 0.1) is 5.92 Å². The van der Waals surface area contributed by atoms with Gasteiger partial charge in [0, 0.05) is 16.7 Å². The molecule has 0 spiro atoms. The Morgan fingerprint density at radius 3 is 3.00 bits per heavy atom. The molecule has 1 aromatic heterocycles. The third-order valence-corrected chi connectivity index (χ3v) is 4.84. The van der Waals surface area contributed by atoms with Crippen molar-refractivity contribution in [2.45, 2.75) is 24.3 Å². The number of thioether (sulfide) groups is 1. The molecule has 2 aromatic rings. The minimum atomic E-state index is 0.225. The molecule has 1 aromatic carbocycles. The van der Waals surface area contributed by atoms with Crippen LogP contribution in [0.15, 0.2) is 28.6 Å². The highest BCUT2D eigenvalue weighted by Gasteiger charge is 2.10. The zero-order valence-electron chi connectivity index (χ0n) is 10.5. The Bertz CT molecular complexity index is 496. The van der Waals surface area contributed by atoms with Gasteiger partial charge in [0.1, 0.15) is 0 Å². The lowest BCUT2D eigenvalue weighted by atomic mass is 10.0. The Morgan fingerprint density at radius 1 is 1.44 bits per heavy atom. The number of hydrogen-bond donors (Lipinski definition) is 2. The quantitative estimate of drug-likeness (QED) is 0.799. The molecule has 0 saturated carbocycles. The summed E-state index contributed by atoms with van der Waals surface area (Å²) in [4.78, 5) is 5.57. The Morgan fingerprint density at radius 2 is 2.28 bits per heavy atom. The second-order valence-electron chi connectivity index (χ2n) is 4.61. The van der Waals surface area contributed by atoms with Crippen molar-refractivity contribution in [3.05, 3.63) is 23.7 Å². The van der Waals surface area contributed by atoms with Gasteiger partial charge >= 0.3 is 0 Å². The number of thiazole rings is 1. The lowest BCUT2D eigenvalue weighted by Gasteiger charge is -2.16. The minimum Gasteiger partial charge on any atom is -0.330 e. The van der Waals surface area contributed by atoms with E-state index in [9.17, 15) is 0 Å². The first-order valence-electron chi connectivity index (χ1n) is 6.10. The molecule has 2 rings (SSSR count). The van der Waals surface area contributed by atoms with E-state index in [1.165, 1.54) is 9.60 Å². The number of nitrogens with zero attached hydrogens (tertiary/aromatic N) is 1. The van der Waals surface area contributed by atoms with Crippen LogP contribution in [0.2, 0.25) is 0 Å². The molecule has 3 nitrogen and oxygen atoms in total. The molecule has 0 bridgehead atoms. The van der Waals surface area contributed by atoms with E-state index in [1.807, 2.05) is 24.2 Å². The van der Waals surface area contributed by atoms with Crippen LogP contribution >= 0.6 is 23.1 Å². The van der Waals surface area contributed by atoms with E-state index in [-0.39, 0.29) is 6.04 Å². The van der Waals surface area contributed by atoms with E-state index in [0.717, 1.165) is 17.7 Å². The van der Waals surface area contributed by atoms with Crippen molar-refractivity contribution in [3.8, 4) is 0 Å². The van der Waals surface area contributed by atoms with Crippen LogP contribution in [-0.2, 0) is 0 Å². The Hall–Kier alpha value is -0.620. The third-order valence-electron chi connectivity index (χ3n) is 2.83. The van der Waals surface area contributed by atoms with Gasteiger partial charge in [0.05, 0.1) is 15.7 Å². The van der Waals surface area contributed by atoms with Gasteiger partial charge < -0.3 is 11.5 Å². The first-order valence-corrected chi connectivity index (χ1v) is 7.97. The van der Waals surface area contributed by atoms with E-state index in [4.69, 9.17) is 11.5 Å². The molecule has 1 unspecified atom stereocenters. The summed E-state index contributed by atoms with van der Waals surface area (Å²) in [7, 11) is 0. The second-order valence-corrected chi connectivity index (χ2v) is 6.59. The monoisotopic (exact) mass is 281 g/mol. The summed E-state index contributed by atoms with van der Waals surface area (Å²) in [6.07, 6.45) is 0.992. The maximum absolute atomic E-state index is 5.83. The van der Waals surface area contributed by atoms with E-state index in [2.05, 4.69) is 23.2 Å². The van der Waals surface area contributed by atoms with Crippen LogP contribution in [0.1, 0.15) is 13.3 Å². The topological polar surface area (TPSA) is 64.9 Å². The Labute approximate surface area is 116 Å². The molecule has 1 heterocycles. The molecule has 0 radical (unpaired) electrons. The Balaban J connectivity index is 1.95. The van der Waals surface area contributed by atoms with Gasteiger partial charge in [-0.3, -0.25) is 0 Å². The molecule has 0 amide bonds. The molecule has 0 aliphatic carbocycles. The maximum Gasteiger partial charge on any atom is 0.0812 e. The smallest absolute Gasteiger partial charge is 0.0812 e. The summed E-state index contributed by atoms with van der Waals surface area (Å²) in [5.41, 5.74) is 14.6. The summed E-state index contributed by atoms with van der Waals surface area (Å²) < 4.78 is 1.25. The van der Waals surface area contributed by atoms with Crippen LogP contribution < -0.4 is 11.5 Å². The first-order chi connectivity index (χ1) is 8.69. The second kappa shape index (κ2) is 6.52. The van der Waals surface area contributed by atoms with E-state index < -0.39 is 0 Å². The molecule has 0 aliphatic heterocycles. The average molecular weight is 281 g/mol. The molecule has 0 saturated heterocycles. The van der Waals surface area contributed by atoms with Crippen molar-refractivity contribution in [2.24, 2.45) is 17.4 Å². The number of fused-ring (bicyclic) bond motifs is 1. The largest absolute Gasteiger partial charge is 0.330 e. The van der Waals surface area contributed by atoms with Crippen molar-refractivity contribution in [3.63, 3.8) is 0 Å². The standard InChI is InChI=1S/C13H19N3S2/c1-9(15)4-10(6-14)7-17-11-2-3-12-13(5-11)18-8-16-12/h2-3,5,8-10H,4,6-7,14-15H2,1H3/t9?,10-/m1/s1. The molecular weight excluding hydrogens is 262 g/mol. The van der Waals surface area contributed by atoms with Crippen molar-refractivity contribution in [2.75, 3.05) is 12.3 Å². The SMILES string of the molecule is CC(N)C[C@H](CN)CSc1ccc2ncsc2c1. The fourth-order valence-electron chi connectivity index (χ4n) is 1.90. The number of rotatable bonds is 6. The van der Waals surface area contributed by atoms with Crippen molar-refractivity contribution >= 4 is 33.3 Å². The molecule has 4 N–H and O–H groups in total. The number of aromatic nitrogens is 1.